The van der Waals surface area contributed by atoms with Crippen molar-refractivity contribution in [1.29, 1.82) is 0 Å². The van der Waals surface area contributed by atoms with E-state index in [1.54, 1.807) is 37.6 Å². The summed E-state index contributed by atoms with van der Waals surface area (Å²) in [6.45, 7) is 0.828. The Bertz CT molecular complexity index is 849. The van der Waals surface area contributed by atoms with Crippen LogP contribution in [0, 0.1) is 0 Å². The van der Waals surface area contributed by atoms with Crippen LogP contribution in [0.4, 0.5) is 0 Å². The molecule has 1 aromatic heterocycles. The van der Waals surface area contributed by atoms with Crippen molar-refractivity contribution in [2.45, 2.75) is 13.2 Å². The molecule has 0 saturated heterocycles. The molecule has 0 aliphatic carbocycles. The van der Waals surface area contributed by atoms with E-state index in [-0.39, 0.29) is 5.91 Å². The predicted octanol–water partition coefficient (Wildman–Crippen LogP) is 3.60. The van der Waals surface area contributed by atoms with Gasteiger partial charge >= 0.3 is 0 Å². The number of benzene rings is 2. The molecule has 0 unspecified atom stereocenters. The fraction of sp³-hybridized carbons (Fsp3) is 0.143. The van der Waals surface area contributed by atoms with Gasteiger partial charge in [0.25, 0.3) is 5.91 Å². The van der Waals surface area contributed by atoms with Crippen LogP contribution in [-0.4, -0.2) is 18.0 Å². The SMILES string of the molecule is COc1ccc(C(=O)NCc2cccc(OCc3ccccn3)c2)cc1. The highest BCUT2D eigenvalue weighted by molar-refractivity contribution is 5.94. The molecule has 1 amide bonds. The highest BCUT2D eigenvalue weighted by Gasteiger charge is 2.06. The number of carbonyl (C=O) groups is 1. The average Bonchev–Trinajstić information content (AvgIpc) is 2.71. The Labute approximate surface area is 152 Å². The molecule has 3 rings (SSSR count). The van der Waals surface area contributed by atoms with E-state index < -0.39 is 0 Å². The Morgan fingerprint density at radius 1 is 1.00 bits per heavy atom. The van der Waals surface area contributed by atoms with Crippen molar-refractivity contribution in [1.82, 2.24) is 10.3 Å². The zero-order valence-electron chi connectivity index (χ0n) is 14.5. The van der Waals surface area contributed by atoms with Gasteiger partial charge in [0.15, 0.2) is 0 Å². The first-order valence-electron chi connectivity index (χ1n) is 8.28. The zero-order chi connectivity index (χ0) is 18.2. The van der Waals surface area contributed by atoms with Gasteiger partial charge in [0.05, 0.1) is 12.8 Å². The van der Waals surface area contributed by atoms with Crippen LogP contribution in [0.5, 0.6) is 11.5 Å². The largest absolute Gasteiger partial charge is 0.497 e. The Kier molecular flexibility index (Phi) is 5.83. The van der Waals surface area contributed by atoms with Crippen molar-refractivity contribution in [2.24, 2.45) is 0 Å². The van der Waals surface area contributed by atoms with Gasteiger partial charge in [0.1, 0.15) is 18.1 Å². The summed E-state index contributed by atoms with van der Waals surface area (Å²) in [7, 11) is 1.60. The number of nitrogens with one attached hydrogen (secondary N) is 1. The molecule has 0 aliphatic heterocycles. The lowest BCUT2D eigenvalue weighted by molar-refractivity contribution is 0.0951. The third kappa shape index (κ3) is 4.83. The topological polar surface area (TPSA) is 60.5 Å². The first-order chi connectivity index (χ1) is 12.7. The maximum atomic E-state index is 12.2. The Hall–Kier alpha value is -3.34. The van der Waals surface area contributed by atoms with Crippen molar-refractivity contribution in [3.63, 3.8) is 0 Å². The molecule has 2 aromatic carbocycles. The number of rotatable bonds is 7. The summed E-state index contributed by atoms with van der Waals surface area (Å²) in [5.41, 5.74) is 2.42. The number of pyridine rings is 1. The van der Waals surface area contributed by atoms with Crippen molar-refractivity contribution < 1.29 is 14.3 Å². The van der Waals surface area contributed by atoms with Crippen LogP contribution >= 0.6 is 0 Å². The number of hydrogen-bond acceptors (Lipinski definition) is 4. The van der Waals surface area contributed by atoms with Gasteiger partial charge in [-0.15, -0.1) is 0 Å². The minimum absolute atomic E-state index is 0.132. The second kappa shape index (κ2) is 8.67. The lowest BCUT2D eigenvalue weighted by Crippen LogP contribution is -2.22. The van der Waals surface area contributed by atoms with E-state index in [4.69, 9.17) is 9.47 Å². The van der Waals surface area contributed by atoms with Gasteiger partial charge < -0.3 is 14.8 Å². The molecule has 0 saturated carbocycles. The first-order valence-corrected chi connectivity index (χ1v) is 8.28. The van der Waals surface area contributed by atoms with Crippen LogP contribution in [0.15, 0.2) is 72.9 Å². The van der Waals surface area contributed by atoms with Crippen LogP contribution in [0.1, 0.15) is 21.6 Å². The Morgan fingerprint density at radius 2 is 1.85 bits per heavy atom. The summed E-state index contributed by atoms with van der Waals surface area (Å²) in [5.74, 6) is 1.33. The molecular formula is C21H20N2O3. The second-order valence-corrected chi connectivity index (χ2v) is 5.67. The molecule has 1 heterocycles. The molecule has 0 aliphatic rings. The number of carbonyl (C=O) groups excluding carboxylic acids is 1. The fourth-order valence-corrected chi connectivity index (χ4v) is 2.41. The third-order valence-electron chi connectivity index (χ3n) is 3.82. The van der Waals surface area contributed by atoms with E-state index in [1.165, 1.54) is 0 Å². The fourth-order valence-electron chi connectivity index (χ4n) is 2.41. The predicted molar refractivity (Wildman–Crippen MR) is 99.2 cm³/mol. The zero-order valence-corrected chi connectivity index (χ0v) is 14.5. The van der Waals surface area contributed by atoms with E-state index in [0.29, 0.717) is 18.7 Å². The summed E-state index contributed by atoms with van der Waals surface area (Å²) in [6, 6.07) is 20.4. The average molecular weight is 348 g/mol. The van der Waals surface area contributed by atoms with Crippen molar-refractivity contribution >= 4 is 5.91 Å². The highest BCUT2D eigenvalue weighted by atomic mass is 16.5. The van der Waals surface area contributed by atoms with E-state index in [1.807, 2.05) is 42.5 Å². The van der Waals surface area contributed by atoms with Gasteiger partial charge in [-0.2, -0.15) is 0 Å². The second-order valence-electron chi connectivity index (χ2n) is 5.67. The molecule has 3 aromatic rings. The number of methoxy groups -OCH3 is 1. The molecule has 5 heteroatoms. The van der Waals surface area contributed by atoms with Gasteiger partial charge in [-0.05, 0) is 54.1 Å². The van der Waals surface area contributed by atoms with Crippen LogP contribution in [0.25, 0.3) is 0 Å². The lowest BCUT2D eigenvalue weighted by Gasteiger charge is -2.09. The molecule has 1 N–H and O–H groups in total. The van der Waals surface area contributed by atoms with E-state index in [2.05, 4.69) is 10.3 Å². The Morgan fingerprint density at radius 3 is 2.58 bits per heavy atom. The van der Waals surface area contributed by atoms with Crippen LogP contribution in [0.2, 0.25) is 0 Å². The number of hydrogen-bond donors (Lipinski definition) is 1. The lowest BCUT2D eigenvalue weighted by atomic mass is 10.2. The molecule has 26 heavy (non-hydrogen) atoms. The third-order valence-corrected chi connectivity index (χ3v) is 3.82. The molecule has 0 radical (unpaired) electrons. The summed E-state index contributed by atoms with van der Waals surface area (Å²) in [5, 5.41) is 2.91. The van der Waals surface area contributed by atoms with Crippen molar-refractivity contribution in [2.75, 3.05) is 7.11 Å². The van der Waals surface area contributed by atoms with Gasteiger partial charge in [0, 0.05) is 18.3 Å². The molecule has 132 valence electrons. The molecule has 0 bridgehead atoms. The Balaban J connectivity index is 1.55. The quantitative estimate of drug-likeness (QED) is 0.709. The number of aromatic nitrogens is 1. The molecular weight excluding hydrogens is 328 g/mol. The van der Waals surface area contributed by atoms with E-state index in [9.17, 15) is 4.79 Å². The summed E-state index contributed by atoms with van der Waals surface area (Å²) in [6.07, 6.45) is 1.74. The maximum Gasteiger partial charge on any atom is 0.251 e. The van der Waals surface area contributed by atoms with Crippen LogP contribution < -0.4 is 14.8 Å². The standard InChI is InChI=1S/C21H20N2O3/c1-25-19-10-8-17(9-11-19)21(24)23-14-16-5-4-7-20(13-16)26-15-18-6-2-3-12-22-18/h2-13H,14-15H2,1H3,(H,23,24). The van der Waals surface area contributed by atoms with Crippen LogP contribution in [0.3, 0.4) is 0 Å². The van der Waals surface area contributed by atoms with E-state index in [0.717, 1.165) is 22.8 Å². The summed E-state index contributed by atoms with van der Waals surface area (Å²) in [4.78, 5) is 16.5. The van der Waals surface area contributed by atoms with Gasteiger partial charge in [0.2, 0.25) is 0 Å². The van der Waals surface area contributed by atoms with Gasteiger partial charge in [-0.3, -0.25) is 9.78 Å². The van der Waals surface area contributed by atoms with Gasteiger partial charge in [-0.25, -0.2) is 0 Å². The number of ether oxygens (including phenoxy) is 2. The first kappa shape index (κ1) is 17.5. The summed E-state index contributed by atoms with van der Waals surface area (Å²) >= 11 is 0. The maximum absolute atomic E-state index is 12.2. The van der Waals surface area contributed by atoms with Crippen LogP contribution in [-0.2, 0) is 13.2 Å². The molecule has 0 fully saturated rings. The van der Waals surface area contributed by atoms with Crippen molar-refractivity contribution in [3.05, 3.63) is 89.7 Å². The minimum Gasteiger partial charge on any atom is -0.497 e. The van der Waals surface area contributed by atoms with Crippen molar-refractivity contribution in [3.8, 4) is 11.5 Å². The smallest absolute Gasteiger partial charge is 0.251 e. The minimum atomic E-state index is -0.132. The molecule has 0 atom stereocenters. The summed E-state index contributed by atoms with van der Waals surface area (Å²) < 4.78 is 10.9. The normalized spacial score (nSPS) is 10.2. The number of nitrogens with zero attached hydrogens (tertiary/aromatic N) is 1. The van der Waals surface area contributed by atoms with Gasteiger partial charge in [-0.1, -0.05) is 18.2 Å². The monoisotopic (exact) mass is 348 g/mol. The van der Waals surface area contributed by atoms with E-state index >= 15 is 0 Å². The molecule has 5 nitrogen and oxygen atoms in total. The highest BCUT2D eigenvalue weighted by Crippen LogP contribution is 2.15. The molecule has 0 spiro atoms. The number of amides is 1.